The number of hydrogen-bond donors (Lipinski definition) is 2. The van der Waals surface area contributed by atoms with Gasteiger partial charge in [0, 0.05) is 48.3 Å². The molecule has 8 rings (SSSR count). The second-order valence-electron chi connectivity index (χ2n) is 11.0. The smallest absolute Gasteiger partial charge is 0.227 e. The third kappa shape index (κ3) is 3.83. The highest BCUT2D eigenvalue weighted by atomic mass is 35.5. The van der Waals surface area contributed by atoms with Crippen LogP contribution in [0.5, 0.6) is 0 Å². The summed E-state index contributed by atoms with van der Waals surface area (Å²) in [6.45, 7) is 1.57. The normalized spacial score (nSPS) is 35.4. The number of aliphatic hydroxyl groups excluding tert-OH is 1. The Morgan fingerprint density at radius 3 is 2.68 bits per heavy atom. The van der Waals surface area contributed by atoms with Crippen LogP contribution in [0.2, 0.25) is 10.2 Å². The van der Waals surface area contributed by atoms with Crippen molar-refractivity contribution >= 4 is 45.7 Å². The SMILES string of the molecule is O[C@@H]1COC[C@@H]1N1CC[C@@H](c2cc3nc(Nc4cnn(C56CC(F)(C5)C6)c4Cl)ncc3cc2Cl)[C@H](F)C1. The quantitative estimate of drug-likeness (QED) is 0.487. The average Bonchev–Trinajstić information content (AvgIpc) is 3.42. The minimum absolute atomic E-state index is 0.170. The molecule has 2 aromatic heterocycles. The van der Waals surface area contributed by atoms with Crippen molar-refractivity contribution in [1.29, 1.82) is 0 Å². The summed E-state index contributed by atoms with van der Waals surface area (Å²) in [7, 11) is 0. The van der Waals surface area contributed by atoms with E-state index in [9.17, 15) is 9.50 Å². The lowest BCUT2D eigenvalue weighted by Gasteiger charge is -2.65. The molecule has 1 aromatic carbocycles. The molecular formula is C25H26Cl2F2N6O2. The van der Waals surface area contributed by atoms with E-state index >= 15 is 4.39 Å². The Labute approximate surface area is 221 Å². The average molecular weight is 551 g/mol. The minimum Gasteiger partial charge on any atom is -0.389 e. The summed E-state index contributed by atoms with van der Waals surface area (Å²) in [5.74, 6) is -0.0536. The molecule has 4 atom stereocenters. The van der Waals surface area contributed by atoms with Gasteiger partial charge in [-0.25, -0.2) is 23.4 Å². The van der Waals surface area contributed by atoms with Crippen molar-refractivity contribution in [2.75, 3.05) is 31.6 Å². The molecule has 3 aromatic rings. The van der Waals surface area contributed by atoms with Crippen molar-refractivity contribution in [3.05, 3.63) is 40.3 Å². The third-order valence-corrected chi connectivity index (χ3v) is 9.20. The largest absolute Gasteiger partial charge is 0.389 e. The summed E-state index contributed by atoms with van der Waals surface area (Å²) < 4.78 is 36.4. The van der Waals surface area contributed by atoms with Crippen LogP contribution in [0.3, 0.4) is 0 Å². The number of nitrogens with one attached hydrogen (secondary N) is 1. The Kier molecular flexibility index (Phi) is 5.47. The lowest BCUT2D eigenvalue weighted by atomic mass is 9.47. The van der Waals surface area contributed by atoms with Gasteiger partial charge in [-0.3, -0.25) is 4.90 Å². The van der Waals surface area contributed by atoms with E-state index in [0.29, 0.717) is 78.3 Å². The molecule has 196 valence electrons. The molecule has 3 saturated carbocycles. The van der Waals surface area contributed by atoms with Gasteiger partial charge in [-0.15, -0.1) is 0 Å². The van der Waals surface area contributed by atoms with E-state index in [1.165, 1.54) is 0 Å². The fourth-order valence-electron chi connectivity index (χ4n) is 6.58. The molecule has 2 bridgehead atoms. The second-order valence-corrected chi connectivity index (χ2v) is 11.8. The molecule has 0 radical (unpaired) electrons. The number of fused-ring (bicyclic) bond motifs is 1. The maximum Gasteiger partial charge on any atom is 0.227 e. The zero-order valence-electron chi connectivity index (χ0n) is 19.9. The molecule has 2 aliphatic heterocycles. The van der Waals surface area contributed by atoms with E-state index in [1.54, 1.807) is 23.1 Å². The van der Waals surface area contributed by atoms with Crippen molar-refractivity contribution in [2.45, 2.75) is 61.1 Å². The van der Waals surface area contributed by atoms with Gasteiger partial charge in [-0.05, 0) is 30.7 Å². The molecule has 37 heavy (non-hydrogen) atoms. The summed E-state index contributed by atoms with van der Waals surface area (Å²) in [5.41, 5.74) is 0.521. The Balaban J connectivity index is 1.11. The first-order valence-corrected chi connectivity index (χ1v) is 13.3. The van der Waals surface area contributed by atoms with Crippen LogP contribution >= 0.6 is 23.2 Å². The number of halogens is 4. The van der Waals surface area contributed by atoms with Crippen molar-refractivity contribution in [3.8, 4) is 0 Å². The van der Waals surface area contributed by atoms with Crippen LogP contribution in [0.4, 0.5) is 20.4 Å². The monoisotopic (exact) mass is 550 g/mol. The number of nitrogens with zero attached hydrogens (tertiary/aromatic N) is 5. The number of ether oxygens (including phenoxy) is 1. The highest BCUT2D eigenvalue weighted by Crippen LogP contribution is 2.68. The number of piperidine rings is 1. The fourth-order valence-corrected chi connectivity index (χ4v) is 7.21. The Morgan fingerprint density at radius 2 is 1.97 bits per heavy atom. The van der Waals surface area contributed by atoms with E-state index in [4.69, 9.17) is 27.9 Å². The molecule has 12 heteroatoms. The van der Waals surface area contributed by atoms with Gasteiger partial charge in [0.25, 0.3) is 0 Å². The van der Waals surface area contributed by atoms with Crippen LogP contribution in [0, 0.1) is 0 Å². The molecule has 8 nitrogen and oxygen atoms in total. The number of likely N-dealkylation sites (tertiary alicyclic amines) is 1. The van der Waals surface area contributed by atoms with Crippen molar-refractivity contribution in [2.24, 2.45) is 0 Å². The van der Waals surface area contributed by atoms with E-state index in [2.05, 4.69) is 20.4 Å². The van der Waals surface area contributed by atoms with Gasteiger partial charge in [0.05, 0.1) is 48.3 Å². The summed E-state index contributed by atoms with van der Waals surface area (Å²) in [6, 6.07) is 3.43. The zero-order chi connectivity index (χ0) is 25.5. The number of hydrogen-bond acceptors (Lipinski definition) is 7. The number of alkyl halides is 2. The Bertz CT molecular complexity index is 1370. The Hall–Kier alpha value is -2.11. The van der Waals surface area contributed by atoms with Gasteiger partial charge in [-0.1, -0.05) is 23.2 Å². The van der Waals surface area contributed by atoms with Gasteiger partial charge in [-0.2, -0.15) is 5.10 Å². The lowest BCUT2D eigenvalue weighted by molar-refractivity contribution is -0.203. The fraction of sp³-hybridized carbons (Fsp3) is 0.560. The lowest BCUT2D eigenvalue weighted by Crippen LogP contribution is -2.70. The molecule has 5 fully saturated rings. The number of benzene rings is 1. The van der Waals surface area contributed by atoms with Crippen LogP contribution in [0.25, 0.3) is 10.9 Å². The molecule has 0 spiro atoms. The molecule has 5 aliphatic rings. The number of aromatic nitrogens is 4. The summed E-state index contributed by atoms with van der Waals surface area (Å²) >= 11 is 13.2. The highest BCUT2D eigenvalue weighted by Gasteiger charge is 2.71. The molecular weight excluding hydrogens is 525 g/mol. The van der Waals surface area contributed by atoms with Crippen molar-refractivity contribution in [1.82, 2.24) is 24.6 Å². The molecule has 2 N–H and O–H groups in total. The molecule has 0 unspecified atom stereocenters. The van der Waals surface area contributed by atoms with Gasteiger partial charge in [0.15, 0.2) is 5.15 Å². The van der Waals surface area contributed by atoms with E-state index in [-0.39, 0.29) is 24.0 Å². The van der Waals surface area contributed by atoms with E-state index in [0.717, 1.165) is 5.39 Å². The van der Waals surface area contributed by atoms with Crippen molar-refractivity contribution in [3.63, 3.8) is 0 Å². The van der Waals surface area contributed by atoms with E-state index in [1.807, 2.05) is 11.0 Å². The first-order chi connectivity index (χ1) is 17.7. The standard InChI is InChI=1S/C25H26Cl2F2N6O2/c26-16-3-13-5-30-23(33-19-6-31-35(22(19)27)25-10-24(29,11-25)12-25)32-18(13)4-15(16)14-1-2-34(7-17(14)28)20-8-37-9-21(20)36/h3-6,14,17,20-21,36H,1-2,7-12H2,(H,30,32,33)/t14-,17+,20-,21+,24?,25?/m0/s1. The molecule has 4 heterocycles. The van der Waals surface area contributed by atoms with Gasteiger partial charge >= 0.3 is 0 Å². The first-order valence-electron chi connectivity index (χ1n) is 12.5. The number of aliphatic hydroxyl groups is 1. The predicted octanol–water partition coefficient (Wildman–Crippen LogP) is 4.36. The number of anilines is 2. The summed E-state index contributed by atoms with van der Waals surface area (Å²) in [4.78, 5) is 11.0. The van der Waals surface area contributed by atoms with Gasteiger partial charge in [0.1, 0.15) is 11.8 Å². The van der Waals surface area contributed by atoms with Crippen LogP contribution in [0.15, 0.2) is 24.5 Å². The third-order valence-electron chi connectivity index (χ3n) is 8.50. The van der Waals surface area contributed by atoms with Crippen LogP contribution < -0.4 is 5.32 Å². The summed E-state index contributed by atoms with van der Waals surface area (Å²) in [6.07, 6.45) is 3.44. The molecule has 2 saturated heterocycles. The highest BCUT2D eigenvalue weighted by molar-refractivity contribution is 6.32. The Morgan fingerprint density at radius 1 is 1.16 bits per heavy atom. The maximum atomic E-state index is 15.4. The molecule has 0 amide bonds. The van der Waals surface area contributed by atoms with E-state index < -0.39 is 17.9 Å². The topological polar surface area (TPSA) is 88.3 Å². The number of rotatable bonds is 5. The minimum atomic E-state index is -1.14. The zero-order valence-corrected chi connectivity index (χ0v) is 21.4. The van der Waals surface area contributed by atoms with Crippen molar-refractivity contribution < 1.29 is 18.6 Å². The first kappa shape index (κ1) is 24.0. The summed E-state index contributed by atoms with van der Waals surface area (Å²) in [5, 5.41) is 19.2. The maximum absolute atomic E-state index is 15.4. The second kappa shape index (κ2) is 8.44. The van der Waals surface area contributed by atoms with Crippen LogP contribution in [-0.2, 0) is 10.3 Å². The van der Waals surface area contributed by atoms with Gasteiger partial charge < -0.3 is 15.2 Å². The van der Waals surface area contributed by atoms with Crippen LogP contribution in [0.1, 0.15) is 37.2 Å². The van der Waals surface area contributed by atoms with Gasteiger partial charge in [0.2, 0.25) is 5.95 Å². The van der Waals surface area contributed by atoms with Crippen LogP contribution in [-0.4, -0.2) is 80.0 Å². The predicted molar refractivity (Wildman–Crippen MR) is 135 cm³/mol. The molecule has 3 aliphatic carbocycles.